The molecule has 204 valence electrons. The fraction of sp³-hybridized carbons (Fsp3) is 0.593. The Labute approximate surface area is 219 Å². The van der Waals surface area contributed by atoms with Crippen molar-refractivity contribution in [2.24, 2.45) is 29.4 Å². The third kappa shape index (κ3) is 3.67. The van der Waals surface area contributed by atoms with Gasteiger partial charge >= 0.3 is 0 Å². The van der Waals surface area contributed by atoms with Gasteiger partial charge in [-0.15, -0.1) is 0 Å². The third-order valence-corrected chi connectivity index (χ3v) is 8.95. The third-order valence-electron chi connectivity index (χ3n) is 8.95. The van der Waals surface area contributed by atoms with Gasteiger partial charge in [0.15, 0.2) is 34.7 Å². The summed E-state index contributed by atoms with van der Waals surface area (Å²) in [6.45, 7) is 2.15. The summed E-state index contributed by atoms with van der Waals surface area (Å²) in [5, 5.41) is 34.2. The van der Waals surface area contributed by atoms with E-state index in [4.69, 9.17) is 5.73 Å². The van der Waals surface area contributed by atoms with Crippen LogP contribution in [0.25, 0.3) is 0 Å². The number of Topliss-reactive ketones (excluding diaryl/α,β-unsaturated/α-hetero) is 4. The Kier molecular flexibility index (Phi) is 6.54. The van der Waals surface area contributed by atoms with Crippen molar-refractivity contribution in [3.63, 3.8) is 0 Å². The first kappa shape index (κ1) is 26.6. The first-order valence-corrected chi connectivity index (χ1v) is 13.0. The molecule has 1 amide bonds. The molecule has 0 spiro atoms. The van der Waals surface area contributed by atoms with Crippen LogP contribution in [0.2, 0.25) is 0 Å². The van der Waals surface area contributed by atoms with E-state index in [-0.39, 0.29) is 17.7 Å². The molecule has 1 aromatic carbocycles. The zero-order valence-electron chi connectivity index (χ0n) is 21.4. The van der Waals surface area contributed by atoms with Crippen LogP contribution >= 0.6 is 0 Å². The van der Waals surface area contributed by atoms with Crippen molar-refractivity contribution in [1.29, 1.82) is 0 Å². The monoisotopic (exact) mass is 527 g/mol. The van der Waals surface area contributed by atoms with E-state index in [1.165, 1.54) is 19.0 Å². The highest BCUT2D eigenvalue weighted by Crippen LogP contribution is 2.51. The summed E-state index contributed by atoms with van der Waals surface area (Å²) >= 11 is 0. The van der Waals surface area contributed by atoms with Crippen LogP contribution in [0.4, 0.5) is 0 Å². The molecular formula is C27H33N3O8. The molecule has 1 aliphatic heterocycles. The summed E-state index contributed by atoms with van der Waals surface area (Å²) in [6, 6.07) is 2.06. The highest BCUT2D eigenvalue weighted by molar-refractivity contribution is 6.32. The summed E-state index contributed by atoms with van der Waals surface area (Å²) in [7, 11) is 2.92. The van der Waals surface area contributed by atoms with Crippen molar-refractivity contribution < 1.29 is 39.3 Å². The number of benzene rings is 1. The number of hydrogen-bond acceptors (Lipinski definition) is 10. The quantitative estimate of drug-likeness (QED) is 0.349. The Balaban J connectivity index is 1.58. The lowest BCUT2D eigenvalue weighted by molar-refractivity contribution is -0.195. The number of rotatable bonds is 4. The topological polar surface area (TPSA) is 179 Å². The predicted octanol–water partition coefficient (Wildman–Crippen LogP) is -1.18. The van der Waals surface area contributed by atoms with E-state index >= 15 is 0 Å². The Morgan fingerprint density at radius 2 is 1.76 bits per heavy atom. The number of aliphatic hydroxyl groups excluding tert-OH is 1. The first-order chi connectivity index (χ1) is 17.9. The first-order valence-electron chi connectivity index (χ1n) is 13.0. The zero-order valence-corrected chi connectivity index (χ0v) is 21.4. The molecule has 2 saturated carbocycles. The van der Waals surface area contributed by atoms with Crippen LogP contribution in [-0.2, 0) is 32.1 Å². The largest absolute Gasteiger partial charge is 0.507 e. The molecule has 3 aliphatic carbocycles. The summed E-state index contributed by atoms with van der Waals surface area (Å²) in [4.78, 5) is 69.7. The molecule has 0 aromatic heterocycles. The van der Waals surface area contributed by atoms with E-state index in [0.29, 0.717) is 17.7 Å². The van der Waals surface area contributed by atoms with Gasteiger partial charge in [-0.2, -0.15) is 0 Å². The average Bonchev–Trinajstić information content (AvgIpc) is 2.86. The lowest BCUT2D eigenvalue weighted by Gasteiger charge is -2.54. The standard InChI is InChI=1S/C27H33N3O8/c1-29(2)19-18-21(32)14-10-12-6-7-13(11-30-8-4-3-5-9-30)20(31)15(12)22(33)16(14)24(35)27(18,38)25(36)17(23(19)34)26(28)37/h6-7,14,16-19,21,31-32,38H,3-5,8-11H2,1-2H3,(H2,28,37)/t14-,16?,17?,18-,19+,21+,27+/m0/s1. The molecule has 1 heterocycles. The number of likely N-dealkylation sites (N-methyl/N-ethyl adjacent to an activating group) is 1. The average molecular weight is 528 g/mol. The molecule has 1 saturated heterocycles. The number of primary amides is 1. The van der Waals surface area contributed by atoms with Crippen LogP contribution in [0.5, 0.6) is 5.75 Å². The normalized spacial score (nSPS) is 35.6. The summed E-state index contributed by atoms with van der Waals surface area (Å²) in [5.41, 5.74) is 3.26. The molecule has 1 aromatic rings. The number of likely N-dealkylation sites (tertiary alicyclic amines) is 1. The van der Waals surface area contributed by atoms with Gasteiger partial charge in [0.05, 0.1) is 29.5 Å². The number of nitrogens with zero attached hydrogens (tertiary/aromatic N) is 2. The number of carbonyl (C=O) groups is 5. The minimum Gasteiger partial charge on any atom is -0.507 e. The van der Waals surface area contributed by atoms with Crippen LogP contribution < -0.4 is 5.73 Å². The van der Waals surface area contributed by atoms with Crippen molar-refractivity contribution in [3.05, 3.63) is 28.8 Å². The zero-order chi connectivity index (χ0) is 27.7. The highest BCUT2D eigenvalue weighted by Gasteiger charge is 2.72. The van der Waals surface area contributed by atoms with Gasteiger partial charge in [-0.05, 0) is 52.0 Å². The maximum Gasteiger partial charge on any atom is 0.235 e. The van der Waals surface area contributed by atoms with Crippen molar-refractivity contribution in [3.8, 4) is 5.75 Å². The van der Waals surface area contributed by atoms with E-state index in [1.54, 1.807) is 12.1 Å². The van der Waals surface area contributed by atoms with Crippen molar-refractivity contribution in [2.75, 3.05) is 27.2 Å². The van der Waals surface area contributed by atoms with E-state index in [9.17, 15) is 39.3 Å². The van der Waals surface area contributed by atoms with Crippen molar-refractivity contribution in [1.82, 2.24) is 9.80 Å². The molecular weight excluding hydrogens is 494 g/mol. The summed E-state index contributed by atoms with van der Waals surface area (Å²) in [6.07, 6.45) is 1.63. The molecule has 5 rings (SSSR count). The number of piperidine rings is 1. The molecule has 0 radical (unpaired) electrons. The van der Waals surface area contributed by atoms with Gasteiger partial charge in [0.25, 0.3) is 0 Å². The number of ketones is 4. The lowest BCUT2D eigenvalue weighted by atomic mass is 9.51. The Hall–Kier alpha value is -2.99. The number of phenols is 1. The van der Waals surface area contributed by atoms with E-state index in [1.807, 2.05) is 0 Å². The fourth-order valence-electron chi connectivity index (χ4n) is 7.12. The van der Waals surface area contributed by atoms with E-state index in [2.05, 4.69) is 4.90 Å². The SMILES string of the molecule is CN(C)[C@H]1C(=O)C(C(N)=O)C(=O)[C@]2(O)C(=O)C3C(=O)c4c(ccc(CN5CCCCC5)c4O)C[C@@H]3[C@@H](O)[C@H]12. The van der Waals surface area contributed by atoms with Gasteiger partial charge in [-0.1, -0.05) is 18.6 Å². The number of carbonyl (C=O) groups excluding carboxylic acids is 5. The smallest absolute Gasteiger partial charge is 0.235 e. The lowest BCUT2D eigenvalue weighted by Crippen LogP contribution is -2.77. The van der Waals surface area contributed by atoms with Gasteiger partial charge < -0.3 is 21.1 Å². The van der Waals surface area contributed by atoms with Gasteiger partial charge in [0, 0.05) is 18.0 Å². The Bertz CT molecular complexity index is 1240. The molecule has 0 bridgehead atoms. The molecule has 7 atom stereocenters. The molecule has 11 heteroatoms. The molecule has 5 N–H and O–H groups in total. The summed E-state index contributed by atoms with van der Waals surface area (Å²) < 4.78 is 0. The molecule has 3 fully saturated rings. The maximum atomic E-state index is 13.9. The predicted molar refractivity (Wildman–Crippen MR) is 132 cm³/mol. The number of nitrogens with two attached hydrogens (primary N) is 1. The molecule has 2 unspecified atom stereocenters. The van der Waals surface area contributed by atoms with E-state index in [0.717, 1.165) is 32.4 Å². The highest BCUT2D eigenvalue weighted by atomic mass is 16.3. The van der Waals surface area contributed by atoms with Crippen LogP contribution in [0, 0.1) is 23.7 Å². The van der Waals surface area contributed by atoms with Gasteiger partial charge in [-0.25, -0.2) is 0 Å². The molecule has 4 aliphatic rings. The number of aliphatic hydroxyl groups is 2. The maximum absolute atomic E-state index is 13.9. The van der Waals surface area contributed by atoms with Gasteiger partial charge in [-0.3, -0.25) is 33.8 Å². The molecule has 38 heavy (non-hydrogen) atoms. The second-order valence-electron chi connectivity index (χ2n) is 11.3. The summed E-state index contributed by atoms with van der Waals surface area (Å²) in [5.74, 6) is -12.2. The Morgan fingerprint density at radius 1 is 1.11 bits per heavy atom. The molecule has 11 nitrogen and oxygen atoms in total. The minimum absolute atomic E-state index is 0.0184. The van der Waals surface area contributed by atoms with Gasteiger partial charge in [0.2, 0.25) is 5.91 Å². The number of hydrogen-bond donors (Lipinski definition) is 4. The second kappa shape index (κ2) is 9.33. The Morgan fingerprint density at radius 3 is 2.37 bits per heavy atom. The van der Waals surface area contributed by atoms with Crippen LogP contribution in [0.3, 0.4) is 0 Å². The van der Waals surface area contributed by atoms with E-state index < -0.39 is 70.5 Å². The fourth-order valence-corrected chi connectivity index (χ4v) is 7.12. The minimum atomic E-state index is -2.97. The van der Waals surface area contributed by atoms with Crippen molar-refractivity contribution in [2.45, 2.75) is 50.0 Å². The van der Waals surface area contributed by atoms with Crippen molar-refractivity contribution >= 4 is 29.0 Å². The number of fused-ring (bicyclic) bond motifs is 3. The van der Waals surface area contributed by atoms with Crippen LogP contribution in [0.15, 0.2) is 12.1 Å². The number of phenolic OH excluding ortho intramolecular Hbond substituents is 1. The number of aromatic hydroxyl groups is 1. The second-order valence-corrected chi connectivity index (χ2v) is 11.3. The van der Waals surface area contributed by atoms with Gasteiger partial charge in [0.1, 0.15) is 5.75 Å². The van der Waals surface area contributed by atoms with Crippen LogP contribution in [-0.4, -0.2) is 99.1 Å². The number of amides is 1. The van der Waals surface area contributed by atoms with Crippen LogP contribution in [0.1, 0.15) is 40.7 Å².